The van der Waals surface area contributed by atoms with Crippen LogP contribution < -0.4 is 16.0 Å². The molecule has 0 radical (unpaired) electrons. The molecular formula is C16H25N3O. The zero-order valence-corrected chi connectivity index (χ0v) is 12.6. The van der Waals surface area contributed by atoms with Gasteiger partial charge in [-0.3, -0.25) is 0 Å². The Morgan fingerprint density at radius 2 is 1.85 bits per heavy atom. The Kier molecular flexibility index (Phi) is 5.01. The van der Waals surface area contributed by atoms with E-state index in [4.69, 9.17) is 0 Å². The van der Waals surface area contributed by atoms with Crippen molar-refractivity contribution in [2.24, 2.45) is 5.92 Å². The van der Waals surface area contributed by atoms with E-state index in [0.717, 1.165) is 5.69 Å². The molecule has 0 heterocycles. The molecule has 3 N–H and O–H groups in total. The summed E-state index contributed by atoms with van der Waals surface area (Å²) in [6.45, 7) is 4.19. The summed E-state index contributed by atoms with van der Waals surface area (Å²) in [6, 6.07) is 8.41. The highest BCUT2D eigenvalue weighted by Crippen LogP contribution is 2.29. The van der Waals surface area contributed by atoms with Gasteiger partial charge in [0.2, 0.25) is 0 Å². The summed E-state index contributed by atoms with van der Waals surface area (Å²) < 4.78 is 0. The molecule has 1 fully saturated rings. The third kappa shape index (κ3) is 3.73. The first kappa shape index (κ1) is 14.9. The van der Waals surface area contributed by atoms with Crippen LogP contribution in [0.4, 0.5) is 10.5 Å². The molecular weight excluding hydrogens is 250 g/mol. The lowest BCUT2D eigenvalue weighted by atomic mass is 9.80. The summed E-state index contributed by atoms with van der Waals surface area (Å²) in [4.78, 5) is 11.9. The lowest BCUT2D eigenvalue weighted by Gasteiger charge is -2.31. The van der Waals surface area contributed by atoms with Gasteiger partial charge < -0.3 is 16.0 Å². The second-order valence-corrected chi connectivity index (χ2v) is 5.71. The maximum absolute atomic E-state index is 11.9. The topological polar surface area (TPSA) is 53.2 Å². The highest BCUT2D eigenvalue weighted by atomic mass is 16.2. The van der Waals surface area contributed by atoms with Crippen LogP contribution in [0.25, 0.3) is 0 Å². The second-order valence-electron chi connectivity index (χ2n) is 5.71. The maximum atomic E-state index is 11.9. The molecule has 0 aromatic heterocycles. The monoisotopic (exact) mass is 275 g/mol. The number of rotatable bonds is 5. The number of carbonyl (C=O) groups excluding carboxylic acids is 1. The van der Waals surface area contributed by atoms with Crippen LogP contribution in [0, 0.1) is 5.92 Å². The zero-order chi connectivity index (χ0) is 14.5. The van der Waals surface area contributed by atoms with Gasteiger partial charge in [-0.05, 0) is 57.4 Å². The molecule has 1 aliphatic rings. The van der Waals surface area contributed by atoms with Crippen molar-refractivity contribution in [2.75, 3.05) is 12.4 Å². The Morgan fingerprint density at radius 3 is 2.35 bits per heavy atom. The van der Waals surface area contributed by atoms with Crippen molar-refractivity contribution in [1.82, 2.24) is 10.6 Å². The zero-order valence-electron chi connectivity index (χ0n) is 12.6. The van der Waals surface area contributed by atoms with Gasteiger partial charge in [-0.1, -0.05) is 18.6 Å². The summed E-state index contributed by atoms with van der Waals surface area (Å²) in [5.74, 6) is 0.652. The van der Waals surface area contributed by atoms with Gasteiger partial charge in [-0.2, -0.15) is 0 Å². The largest absolute Gasteiger partial charge is 0.335 e. The van der Waals surface area contributed by atoms with Gasteiger partial charge in [0.15, 0.2) is 0 Å². The van der Waals surface area contributed by atoms with Crippen LogP contribution in [0.3, 0.4) is 0 Å². The van der Waals surface area contributed by atoms with Crippen molar-refractivity contribution >= 4 is 11.7 Å². The first-order valence-corrected chi connectivity index (χ1v) is 7.45. The number of anilines is 1. The first-order valence-electron chi connectivity index (χ1n) is 7.45. The van der Waals surface area contributed by atoms with E-state index in [9.17, 15) is 4.79 Å². The van der Waals surface area contributed by atoms with Gasteiger partial charge in [0.25, 0.3) is 0 Å². The molecule has 20 heavy (non-hydrogen) atoms. The number of amides is 2. The number of hydrogen-bond donors (Lipinski definition) is 3. The van der Waals surface area contributed by atoms with Crippen LogP contribution >= 0.6 is 0 Å². The van der Waals surface area contributed by atoms with E-state index in [-0.39, 0.29) is 12.1 Å². The highest BCUT2D eigenvalue weighted by Gasteiger charge is 2.24. The molecule has 2 amide bonds. The number of urea groups is 1. The van der Waals surface area contributed by atoms with Crippen molar-refractivity contribution in [3.8, 4) is 0 Å². The van der Waals surface area contributed by atoms with Gasteiger partial charge in [-0.25, -0.2) is 4.79 Å². The fourth-order valence-electron chi connectivity index (χ4n) is 2.45. The Balaban J connectivity index is 1.84. The molecule has 1 aliphatic carbocycles. The Morgan fingerprint density at radius 1 is 1.20 bits per heavy atom. The number of hydrogen-bond acceptors (Lipinski definition) is 2. The number of nitrogens with one attached hydrogen (secondary N) is 3. The van der Waals surface area contributed by atoms with E-state index in [0.29, 0.717) is 12.0 Å². The minimum atomic E-state index is -0.112. The molecule has 1 saturated carbocycles. The minimum Gasteiger partial charge on any atom is -0.335 e. The first-order chi connectivity index (χ1) is 9.60. The molecule has 0 aliphatic heterocycles. The van der Waals surface area contributed by atoms with E-state index in [1.54, 1.807) is 0 Å². The summed E-state index contributed by atoms with van der Waals surface area (Å²) in [7, 11) is 1.94. The fourth-order valence-corrected chi connectivity index (χ4v) is 2.45. The molecule has 4 heteroatoms. The third-order valence-corrected chi connectivity index (χ3v) is 4.32. The molecule has 2 rings (SSSR count). The normalized spacial score (nSPS) is 17.9. The summed E-state index contributed by atoms with van der Waals surface area (Å²) in [5, 5.41) is 9.10. The molecule has 0 spiro atoms. The molecule has 0 bridgehead atoms. The standard InChI is InChI=1S/C16H25N3O/c1-11(17-3)14-7-9-15(10-8-14)19-16(20)18-12(2)13-5-4-6-13/h7-13,17H,4-6H2,1-3H3,(H2,18,19,20). The average Bonchev–Trinajstić information content (AvgIpc) is 2.36. The van der Waals surface area contributed by atoms with Crippen LogP contribution in [0.1, 0.15) is 44.7 Å². The van der Waals surface area contributed by atoms with E-state index in [1.807, 2.05) is 31.3 Å². The SMILES string of the molecule is CNC(C)c1ccc(NC(=O)NC(C)C2CCC2)cc1. The van der Waals surface area contributed by atoms with Crippen LogP contribution in [0.5, 0.6) is 0 Å². The number of carbonyl (C=O) groups is 1. The van der Waals surface area contributed by atoms with Gasteiger partial charge in [0.1, 0.15) is 0 Å². The van der Waals surface area contributed by atoms with Crippen LogP contribution in [0.15, 0.2) is 24.3 Å². The molecule has 110 valence electrons. The molecule has 2 atom stereocenters. The Labute approximate surface area is 121 Å². The summed E-state index contributed by atoms with van der Waals surface area (Å²) in [5.41, 5.74) is 2.04. The van der Waals surface area contributed by atoms with Crippen LogP contribution in [-0.4, -0.2) is 19.1 Å². The lowest BCUT2D eigenvalue weighted by molar-refractivity contribution is 0.222. The van der Waals surface area contributed by atoms with Gasteiger partial charge in [-0.15, -0.1) is 0 Å². The lowest BCUT2D eigenvalue weighted by Crippen LogP contribution is -2.42. The highest BCUT2D eigenvalue weighted by molar-refractivity contribution is 5.89. The second kappa shape index (κ2) is 6.75. The Bertz CT molecular complexity index is 440. The van der Waals surface area contributed by atoms with E-state index >= 15 is 0 Å². The van der Waals surface area contributed by atoms with Crippen LogP contribution in [-0.2, 0) is 0 Å². The van der Waals surface area contributed by atoms with Crippen molar-refractivity contribution < 1.29 is 4.79 Å². The van der Waals surface area contributed by atoms with E-state index in [2.05, 4.69) is 29.8 Å². The predicted octanol–water partition coefficient (Wildman–Crippen LogP) is 3.28. The molecule has 0 saturated heterocycles. The average molecular weight is 275 g/mol. The van der Waals surface area contributed by atoms with Gasteiger partial charge in [0, 0.05) is 17.8 Å². The minimum absolute atomic E-state index is 0.112. The quantitative estimate of drug-likeness (QED) is 0.772. The van der Waals surface area contributed by atoms with Crippen molar-refractivity contribution in [1.29, 1.82) is 0 Å². The molecule has 1 aromatic rings. The maximum Gasteiger partial charge on any atom is 0.319 e. The Hall–Kier alpha value is -1.55. The van der Waals surface area contributed by atoms with Crippen molar-refractivity contribution in [2.45, 2.75) is 45.2 Å². The smallest absolute Gasteiger partial charge is 0.319 e. The number of benzene rings is 1. The summed E-state index contributed by atoms with van der Waals surface area (Å²) >= 11 is 0. The van der Waals surface area contributed by atoms with Crippen molar-refractivity contribution in [3.05, 3.63) is 29.8 Å². The van der Waals surface area contributed by atoms with E-state index < -0.39 is 0 Å². The predicted molar refractivity (Wildman–Crippen MR) is 82.9 cm³/mol. The molecule has 4 nitrogen and oxygen atoms in total. The third-order valence-electron chi connectivity index (χ3n) is 4.32. The van der Waals surface area contributed by atoms with Crippen molar-refractivity contribution in [3.63, 3.8) is 0 Å². The molecule has 1 aromatic carbocycles. The van der Waals surface area contributed by atoms with E-state index in [1.165, 1.54) is 24.8 Å². The van der Waals surface area contributed by atoms with Gasteiger partial charge >= 0.3 is 6.03 Å². The fraction of sp³-hybridized carbons (Fsp3) is 0.562. The van der Waals surface area contributed by atoms with Gasteiger partial charge in [0.05, 0.1) is 0 Å². The summed E-state index contributed by atoms with van der Waals surface area (Å²) in [6.07, 6.45) is 3.76. The van der Waals surface area contributed by atoms with Crippen LogP contribution in [0.2, 0.25) is 0 Å². The molecule has 2 unspecified atom stereocenters.